The predicted octanol–water partition coefficient (Wildman–Crippen LogP) is 5.68. The zero-order valence-electron chi connectivity index (χ0n) is 13.2. The normalized spacial score (nSPS) is 10.4. The first kappa shape index (κ1) is 17.0. The van der Waals surface area contributed by atoms with Crippen molar-refractivity contribution in [2.45, 2.75) is 34.3 Å². The van der Waals surface area contributed by atoms with Crippen LogP contribution in [0.15, 0.2) is 34.8 Å². The molecule has 0 bridgehead atoms. The molecule has 0 radical (unpaired) electrons. The molecular formula is C18H19BrO2S. The molecule has 0 heterocycles. The lowest BCUT2D eigenvalue weighted by Crippen LogP contribution is -2.05. The van der Waals surface area contributed by atoms with Crippen LogP contribution in [0.25, 0.3) is 0 Å². The molecule has 0 saturated heterocycles. The fourth-order valence-corrected chi connectivity index (χ4v) is 2.72. The summed E-state index contributed by atoms with van der Waals surface area (Å²) >= 11 is 8.58. The van der Waals surface area contributed by atoms with Crippen molar-refractivity contribution in [2.75, 3.05) is 0 Å². The van der Waals surface area contributed by atoms with E-state index in [0.717, 1.165) is 27.1 Å². The monoisotopic (exact) mass is 378 g/mol. The van der Waals surface area contributed by atoms with E-state index in [9.17, 15) is 0 Å². The molecule has 0 N–H and O–H groups in total. The fourth-order valence-electron chi connectivity index (χ4n) is 2.17. The topological polar surface area (TPSA) is 18.5 Å². The predicted molar refractivity (Wildman–Crippen MR) is 98.0 cm³/mol. The summed E-state index contributed by atoms with van der Waals surface area (Å²) in [7, 11) is 0. The van der Waals surface area contributed by atoms with Crippen LogP contribution >= 0.6 is 28.1 Å². The van der Waals surface area contributed by atoms with Gasteiger partial charge in [0, 0.05) is 17.0 Å². The third-order valence-electron chi connectivity index (χ3n) is 3.49. The Hall–Kier alpha value is -1.39. The molecule has 2 aromatic rings. The molecule has 0 saturated carbocycles. The number of rotatable bonds is 4. The van der Waals surface area contributed by atoms with E-state index in [1.54, 1.807) is 6.92 Å². The van der Waals surface area contributed by atoms with Crippen LogP contribution in [0.2, 0.25) is 0 Å². The second kappa shape index (κ2) is 7.25. The molecule has 0 atom stereocenters. The first-order valence-corrected chi connectivity index (χ1v) is 8.25. The minimum atomic E-state index is 0.419. The van der Waals surface area contributed by atoms with Gasteiger partial charge in [0.05, 0.1) is 0 Å². The lowest BCUT2D eigenvalue weighted by atomic mass is 10.1. The molecule has 116 valence electrons. The van der Waals surface area contributed by atoms with E-state index in [-0.39, 0.29) is 0 Å². The van der Waals surface area contributed by atoms with Crippen LogP contribution in [0.3, 0.4) is 0 Å². The smallest absolute Gasteiger partial charge is 0.164 e. The van der Waals surface area contributed by atoms with Crippen molar-refractivity contribution >= 4 is 33.2 Å². The number of halogens is 1. The van der Waals surface area contributed by atoms with Crippen LogP contribution in [0.1, 0.15) is 29.2 Å². The summed E-state index contributed by atoms with van der Waals surface area (Å²) in [5.74, 6) is 1.62. The van der Waals surface area contributed by atoms with E-state index < -0.39 is 0 Å². The summed E-state index contributed by atoms with van der Waals surface area (Å²) in [5, 5.41) is 0.488. The maximum atomic E-state index is 6.01. The Morgan fingerprint density at radius 3 is 2.41 bits per heavy atom. The summed E-state index contributed by atoms with van der Waals surface area (Å²) in [4.78, 5) is 0. The van der Waals surface area contributed by atoms with Crippen molar-refractivity contribution in [3.8, 4) is 11.5 Å². The van der Waals surface area contributed by atoms with Crippen molar-refractivity contribution in [1.82, 2.24) is 0 Å². The number of ether oxygens (including phenoxy) is 2. The van der Waals surface area contributed by atoms with Crippen molar-refractivity contribution in [2.24, 2.45) is 0 Å². The Morgan fingerprint density at radius 1 is 1.05 bits per heavy atom. The number of hydrogen-bond acceptors (Lipinski definition) is 3. The van der Waals surface area contributed by atoms with Gasteiger partial charge in [-0.15, -0.1) is 0 Å². The number of hydrogen-bond donors (Lipinski definition) is 0. The van der Waals surface area contributed by atoms with Crippen LogP contribution in [0, 0.1) is 20.8 Å². The van der Waals surface area contributed by atoms with E-state index in [1.165, 1.54) is 11.1 Å². The van der Waals surface area contributed by atoms with E-state index in [0.29, 0.717) is 11.7 Å². The van der Waals surface area contributed by atoms with Gasteiger partial charge in [-0.25, -0.2) is 0 Å². The molecule has 2 nitrogen and oxygen atoms in total. The van der Waals surface area contributed by atoms with E-state index >= 15 is 0 Å². The van der Waals surface area contributed by atoms with Gasteiger partial charge in [0.2, 0.25) is 0 Å². The number of thiocarbonyl (C=S) groups is 1. The molecular weight excluding hydrogens is 360 g/mol. The number of benzene rings is 2. The highest BCUT2D eigenvalue weighted by molar-refractivity contribution is 9.10. The van der Waals surface area contributed by atoms with E-state index in [2.05, 4.69) is 48.8 Å². The molecule has 2 aromatic carbocycles. The van der Waals surface area contributed by atoms with E-state index in [4.69, 9.17) is 21.7 Å². The Bertz CT molecular complexity index is 710. The highest BCUT2D eigenvalue weighted by atomic mass is 79.9. The average Bonchev–Trinajstić information content (AvgIpc) is 2.43. The summed E-state index contributed by atoms with van der Waals surface area (Å²) in [6.07, 6.45) is 0. The summed E-state index contributed by atoms with van der Waals surface area (Å²) in [6.45, 7) is 8.43. The molecule has 0 unspecified atom stereocenters. The van der Waals surface area contributed by atoms with Crippen molar-refractivity contribution in [1.29, 1.82) is 0 Å². The van der Waals surface area contributed by atoms with Crippen molar-refractivity contribution in [3.63, 3.8) is 0 Å². The van der Waals surface area contributed by atoms with Gasteiger partial charge in [0.25, 0.3) is 0 Å². The van der Waals surface area contributed by atoms with Crippen LogP contribution in [0.5, 0.6) is 11.5 Å². The average molecular weight is 379 g/mol. The van der Waals surface area contributed by atoms with Gasteiger partial charge in [-0.2, -0.15) is 0 Å². The number of aryl methyl sites for hydroxylation is 3. The highest BCUT2D eigenvalue weighted by Crippen LogP contribution is 2.30. The lowest BCUT2D eigenvalue weighted by Gasteiger charge is -2.15. The first-order chi connectivity index (χ1) is 10.4. The Morgan fingerprint density at radius 2 is 1.73 bits per heavy atom. The third-order valence-corrected chi connectivity index (χ3v) is 4.32. The van der Waals surface area contributed by atoms with Gasteiger partial charge in [-0.05, 0) is 67.9 Å². The fraction of sp³-hybridized carbons (Fsp3) is 0.278. The zero-order valence-corrected chi connectivity index (χ0v) is 15.6. The Kier molecular flexibility index (Phi) is 5.59. The molecule has 22 heavy (non-hydrogen) atoms. The highest BCUT2D eigenvalue weighted by Gasteiger charge is 2.11. The van der Waals surface area contributed by atoms with Crippen LogP contribution in [0.4, 0.5) is 0 Å². The quantitative estimate of drug-likeness (QED) is 0.637. The second-order valence-electron chi connectivity index (χ2n) is 5.30. The van der Waals surface area contributed by atoms with E-state index in [1.807, 2.05) is 18.2 Å². The molecule has 0 spiro atoms. The largest absolute Gasteiger partial charge is 0.488 e. The maximum absolute atomic E-state index is 6.01. The van der Waals surface area contributed by atoms with Crippen molar-refractivity contribution in [3.05, 3.63) is 57.1 Å². The van der Waals surface area contributed by atoms with Crippen molar-refractivity contribution < 1.29 is 9.47 Å². The molecule has 0 aliphatic rings. The van der Waals surface area contributed by atoms with Gasteiger partial charge in [0.1, 0.15) is 18.1 Å². The Labute approximate surface area is 145 Å². The van der Waals surface area contributed by atoms with Gasteiger partial charge in [0.15, 0.2) is 5.05 Å². The summed E-state index contributed by atoms with van der Waals surface area (Å²) < 4.78 is 12.6. The molecule has 0 aliphatic carbocycles. The third kappa shape index (κ3) is 4.08. The summed E-state index contributed by atoms with van der Waals surface area (Å²) in [5.41, 5.74) is 4.57. The van der Waals surface area contributed by atoms with Gasteiger partial charge >= 0.3 is 0 Å². The molecule has 0 fully saturated rings. The van der Waals surface area contributed by atoms with Gasteiger partial charge < -0.3 is 9.47 Å². The maximum Gasteiger partial charge on any atom is 0.164 e. The Balaban J connectivity index is 2.25. The molecule has 0 aliphatic heterocycles. The van der Waals surface area contributed by atoms with Crippen LogP contribution < -0.4 is 9.47 Å². The van der Waals surface area contributed by atoms with Gasteiger partial charge in [-0.3, -0.25) is 0 Å². The first-order valence-electron chi connectivity index (χ1n) is 7.05. The van der Waals surface area contributed by atoms with Gasteiger partial charge in [-0.1, -0.05) is 28.1 Å². The minimum absolute atomic E-state index is 0.419. The standard InChI is InChI=1S/C18H19BrO2S/c1-11-8-13(3)18(9-12(11)2)20-10-15-16(19)6-5-7-17(15)21-14(4)22/h5-9H,10H2,1-4H3. The molecule has 0 aromatic heterocycles. The summed E-state index contributed by atoms with van der Waals surface area (Å²) in [6, 6.07) is 10.0. The minimum Gasteiger partial charge on any atom is -0.488 e. The molecule has 4 heteroatoms. The molecule has 0 amide bonds. The van der Waals surface area contributed by atoms with Crippen LogP contribution in [-0.4, -0.2) is 5.05 Å². The zero-order chi connectivity index (χ0) is 16.3. The lowest BCUT2D eigenvalue weighted by molar-refractivity contribution is 0.299. The van der Waals surface area contributed by atoms with Crippen LogP contribution in [-0.2, 0) is 6.61 Å². The SMILES string of the molecule is CC(=S)Oc1cccc(Br)c1COc1cc(C)c(C)cc1C. The molecule has 2 rings (SSSR count). The second-order valence-corrected chi connectivity index (χ2v) is 6.73.